The topological polar surface area (TPSA) is 59.0 Å². The van der Waals surface area contributed by atoms with Crippen molar-refractivity contribution in [3.8, 4) is 5.75 Å². The number of carbonyl (C=O) groups excluding carboxylic acids is 1. The lowest BCUT2D eigenvalue weighted by Crippen LogP contribution is -2.52. The number of likely N-dealkylation sites (tertiary alicyclic amines) is 1. The highest BCUT2D eigenvalue weighted by atomic mass is 16.5. The number of methoxy groups -OCH3 is 1. The zero-order valence-corrected chi connectivity index (χ0v) is 14.4. The zero-order chi connectivity index (χ0) is 17.4. The van der Waals surface area contributed by atoms with Crippen LogP contribution >= 0.6 is 0 Å². The van der Waals surface area contributed by atoms with Crippen molar-refractivity contribution in [2.24, 2.45) is 0 Å². The van der Waals surface area contributed by atoms with E-state index in [4.69, 9.17) is 9.47 Å². The molecule has 1 aliphatic carbocycles. The first-order valence-electron chi connectivity index (χ1n) is 8.81. The summed E-state index contributed by atoms with van der Waals surface area (Å²) >= 11 is 0. The summed E-state index contributed by atoms with van der Waals surface area (Å²) < 4.78 is 11.4. The van der Waals surface area contributed by atoms with Crippen LogP contribution in [0.15, 0.2) is 42.2 Å². The molecule has 0 spiro atoms. The maximum Gasteiger partial charge on any atom is 0.254 e. The second-order valence-corrected chi connectivity index (χ2v) is 7.02. The summed E-state index contributed by atoms with van der Waals surface area (Å²) in [4.78, 5) is 15.1. The van der Waals surface area contributed by atoms with Crippen LogP contribution in [-0.4, -0.2) is 47.3 Å². The number of para-hydroxylation sites is 1. The number of rotatable bonds is 2. The molecular weight excluding hydrogens is 318 g/mol. The molecule has 25 heavy (non-hydrogen) atoms. The smallest absolute Gasteiger partial charge is 0.254 e. The molecule has 1 N–H and O–H groups in total. The zero-order valence-electron chi connectivity index (χ0n) is 14.4. The van der Waals surface area contributed by atoms with E-state index in [9.17, 15) is 9.90 Å². The van der Waals surface area contributed by atoms with Gasteiger partial charge < -0.3 is 19.5 Å². The molecule has 1 saturated heterocycles. The molecule has 1 aromatic carbocycles. The van der Waals surface area contributed by atoms with Gasteiger partial charge in [-0.1, -0.05) is 18.2 Å². The Kier molecular flexibility index (Phi) is 4.13. The maximum absolute atomic E-state index is 13.2. The van der Waals surface area contributed by atoms with E-state index in [1.54, 1.807) is 19.4 Å². The summed E-state index contributed by atoms with van der Waals surface area (Å²) in [5, 5.41) is 10.1. The molecule has 0 radical (unpaired) electrons. The summed E-state index contributed by atoms with van der Waals surface area (Å²) in [6, 6.07) is 7.57. The molecule has 0 aromatic heterocycles. The average Bonchev–Trinajstić information content (AvgIpc) is 2.86. The van der Waals surface area contributed by atoms with E-state index in [1.807, 2.05) is 35.2 Å². The predicted octanol–water partition coefficient (Wildman–Crippen LogP) is 2.51. The van der Waals surface area contributed by atoms with E-state index in [0.29, 0.717) is 18.5 Å². The Bertz CT molecular complexity index is 741. The van der Waals surface area contributed by atoms with E-state index < -0.39 is 0 Å². The first-order chi connectivity index (χ1) is 12.1. The van der Waals surface area contributed by atoms with Gasteiger partial charge in [0.2, 0.25) is 0 Å². The van der Waals surface area contributed by atoms with E-state index >= 15 is 0 Å². The molecule has 0 unspecified atom stereocenters. The number of hydrogen-bond acceptors (Lipinski definition) is 4. The van der Waals surface area contributed by atoms with Gasteiger partial charge in [-0.15, -0.1) is 0 Å². The molecule has 0 bridgehead atoms. The van der Waals surface area contributed by atoms with Gasteiger partial charge in [-0.3, -0.25) is 4.79 Å². The molecular formula is C20H23NO4. The number of ether oxygens (including phenoxy) is 2. The Labute approximate surface area is 147 Å². The summed E-state index contributed by atoms with van der Waals surface area (Å²) in [7, 11) is 1.72. The number of aliphatic hydroxyl groups excluding tert-OH is 1. The number of fused-ring (bicyclic) bond motifs is 2. The molecule has 5 nitrogen and oxygen atoms in total. The lowest BCUT2D eigenvalue weighted by molar-refractivity contribution is -0.135. The van der Waals surface area contributed by atoms with Crippen LogP contribution in [0.25, 0.3) is 6.08 Å². The number of amides is 1. The lowest BCUT2D eigenvalue weighted by atomic mass is 9.79. The van der Waals surface area contributed by atoms with Crippen LogP contribution in [0.1, 0.15) is 31.2 Å². The fourth-order valence-electron chi connectivity index (χ4n) is 4.32. The standard InChI is InChI=1S/C20H23NO4/c1-24-20-8-6-16(22)13-18(20)21(10-9-20)19(23)15-7-11-25-17-5-3-2-4-14(17)12-15/h2-5,7,11-12,16,18,22H,6,8-10,13H2,1H3/t16-,18-,20+/m0/s1. The second-order valence-electron chi connectivity index (χ2n) is 7.02. The van der Waals surface area contributed by atoms with Crippen LogP contribution in [0.5, 0.6) is 5.75 Å². The normalized spacial score (nSPS) is 30.8. The van der Waals surface area contributed by atoms with Crippen molar-refractivity contribution in [1.29, 1.82) is 0 Å². The van der Waals surface area contributed by atoms with E-state index in [0.717, 1.165) is 30.6 Å². The maximum atomic E-state index is 13.2. The van der Waals surface area contributed by atoms with Crippen molar-refractivity contribution in [3.63, 3.8) is 0 Å². The molecule has 2 fully saturated rings. The van der Waals surface area contributed by atoms with Crippen molar-refractivity contribution < 1.29 is 19.4 Å². The predicted molar refractivity (Wildman–Crippen MR) is 93.9 cm³/mol. The van der Waals surface area contributed by atoms with Crippen LogP contribution in [-0.2, 0) is 9.53 Å². The van der Waals surface area contributed by atoms with Crippen LogP contribution in [0.4, 0.5) is 0 Å². The van der Waals surface area contributed by atoms with Crippen LogP contribution in [0.2, 0.25) is 0 Å². The molecule has 2 heterocycles. The van der Waals surface area contributed by atoms with Crippen molar-refractivity contribution in [3.05, 3.63) is 47.7 Å². The SMILES string of the molecule is CO[C@@]12CC[C@H](O)C[C@@H]1N(C(=O)C1=Cc3ccccc3OC=C1)CC2. The molecule has 3 aliphatic rings. The van der Waals surface area contributed by atoms with E-state index in [2.05, 4.69) is 0 Å². The van der Waals surface area contributed by atoms with E-state index in [1.165, 1.54) is 0 Å². The highest BCUT2D eigenvalue weighted by Gasteiger charge is 2.52. The van der Waals surface area contributed by atoms with Crippen LogP contribution in [0, 0.1) is 0 Å². The first kappa shape index (κ1) is 16.4. The van der Waals surface area contributed by atoms with Crippen molar-refractivity contribution >= 4 is 12.0 Å². The van der Waals surface area contributed by atoms with Gasteiger partial charge in [0.1, 0.15) is 5.75 Å². The molecule has 2 aliphatic heterocycles. The van der Waals surface area contributed by atoms with Gasteiger partial charge in [0.25, 0.3) is 5.91 Å². The summed E-state index contributed by atoms with van der Waals surface area (Å²) in [5.41, 5.74) is 1.16. The van der Waals surface area contributed by atoms with Crippen molar-refractivity contribution in [1.82, 2.24) is 4.90 Å². The van der Waals surface area contributed by atoms with Crippen molar-refractivity contribution in [2.75, 3.05) is 13.7 Å². The van der Waals surface area contributed by atoms with Gasteiger partial charge in [0.05, 0.1) is 24.0 Å². The summed E-state index contributed by atoms with van der Waals surface area (Å²) in [6.45, 7) is 0.651. The number of nitrogens with zero attached hydrogens (tertiary/aromatic N) is 1. The Morgan fingerprint density at radius 3 is 3.04 bits per heavy atom. The molecule has 4 rings (SSSR count). The minimum atomic E-state index is -0.371. The number of hydrogen-bond donors (Lipinski definition) is 1. The largest absolute Gasteiger partial charge is 0.464 e. The number of carbonyl (C=O) groups is 1. The third kappa shape index (κ3) is 2.77. The van der Waals surface area contributed by atoms with Gasteiger partial charge in [-0.2, -0.15) is 0 Å². The van der Waals surface area contributed by atoms with Gasteiger partial charge in [-0.25, -0.2) is 0 Å². The van der Waals surface area contributed by atoms with Crippen LogP contribution in [0.3, 0.4) is 0 Å². The van der Waals surface area contributed by atoms with Gasteiger partial charge >= 0.3 is 0 Å². The minimum Gasteiger partial charge on any atom is -0.464 e. The molecule has 3 atom stereocenters. The monoisotopic (exact) mass is 341 g/mol. The first-order valence-corrected chi connectivity index (χ1v) is 8.81. The quantitative estimate of drug-likeness (QED) is 0.898. The Morgan fingerprint density at radius 2 is 2.20 bits per heavy atom. The molecule has 1 amide bonds. The van der Waals surface area contributed by atoms with Crippen molar-refractivity contribution in [2.45, 2.75) is 43.4 Å². The van der Waals surface area contributed by atoms with Gasteiger partial charge in [0, 0.05) is 24.8 Å². The number of benzene rings is 1. The third-order valence-electron chi connectivity index (χ3n) is 5.74. The molecule has 1 aromatic rings. The second kappa shape index (κ2) is 6.32. The van der Waals surface area contributed by atoms with Gasteiger partial charge in [0.15, 0.2) is 0 Å². The lowest BCUT2D eigenvalue weighted by Gasteiger charge is -2.42. The molecule has 5 heteroatoms. The fraction of sp³-hybridized carbons (Fsp3) is 0.450. The third-order valence-corrected chi connectivity index (χ3v) is 5.74. The van der Waals surface area contributed by atoms with Gasteiger partial charge in [-0.05, 0) is 43.9 Å². The van der Waals surface area contributed by atoms with Crippen LogP contribution < -0.4 is 4.74 Å². The summed E-state index contributed by atoms with van der Waals surface area (Å²) in [5.74, 6) is 0.705. The molecule has 1 saturated carbocycles. The average molecular weight is 341 g/mol. The fourth-order valence-corrected chi connectivity index (χ4v) is 4.32. The molecule has 132 valence electrons. The van der Waals surface area contributed by atoms with E-state index in [-0.39, 0.29) is 23.7 Å². The Morgan fingerprint density at radius 1 is 1.36 bits per heavy atom. The highest BCUT2D eigenvalue weighted by molar-refractivity contribution is 6.01. The highest BCUT2D eigenvalue weighted by Crippen LogP contribution is 2.43. The Balaban J connectivity index is 1.64. The minimum absolute atomic E-state index is 0.0328. The Hall–Kier alpha value is -2.11. The number of aliphatic hydroxyl groups is 1. The summed E-state index contributed by atoms with van der Waals surface area (Å²) in [6.07, 6.45) is 7.69.